The van der Waals surface area contributed by atoms with Crippen molar-refractivity contribution >= 4 is 5.91 Å². The van der Waals surface area contributed by atoms with Crippen LogP contribution >= 0.6 is 0 Å². The number of benzene rings is 1. The predicted octanol–water partition coefficient (Wildman–Crippen LogP) is 2.03. The van der Waals surface area contributed by atoms with E-state index in [-0.39, 0.29) is 17.9 Å². The average Bonchev–Trinajstić information content (AvgIpc) is 2.48. The summed E-state index contributed by atoms with van der Waals surface area (Å²) in [4.78, 5) is 14.1. The molecule has 1 aliphatic carbocycles. The van der Waals surface area contributed by atoms with E-state index in [1.165, 1.54) is 0 Å². The Balaban J connectivity index is 1.91. The van der Waals surface area contributed by atoms with Crippen LogP contribution in [0.4, 0.5) is 0 Å². The molecule has 2 rings (SSSR count). The molecular weight excluding hydrogens is 250 g/mol. The minimum atomic E-state index is 0.123. The lowest BCUT2D eigenvalue weighted by Crippen LogP contribution is -2.37. The predicted molar refractivity (Wildman–Crippen MR) is 77.6 cm³/mol. The van der Waals surface area contributed by atoms with Gasteiger partial charge in [-0.2, -0.15) is 5.26 Å². The van der Waals surface area contributed by atoms with Crippen LogP contribution in [0.3, 0.4) is 0 Å². The van der Waals surface area contributed by atoms with E-state index in [2.05, 4.69) is 6.07 Å². The SMILES string of the molecule is CN(Cc1ccc(C#N)cc1)C(=O)C1CCC(N)CC1. The highest BCUT2D eigenvalue weighted by molar-refractivity contribution is 5.78. The molecule has 2 N–H and O–H groups in total. The van der Waals surface area contributed by atoms with Gasteiger partial charge >= 0.3 is 0 Å². The zero-order valence-electron chi connectivity index (χ0n) is 11.9. The van der Waals surface area contributed by atoms with E-state index in [0.717, 1.165) is 31.2 Å². The molecule has 0 saturated heterocycles. The van der Waals surface area contributed by atoms with Crippen LogP contribution in [0.2, 0.25) is 0 Å². The number of amides is 1. The number of carbonyl (C=O) groups is 1. The molecule has 4 nitrogen and oxygen atoms in total. The lowest BCUT2D eigenvalue weighted by atomic mass is 9.85. The van der Waals surface area contributed by atoms with Crippen LogP contribution in [0.1, 0.15) is 36.8 Å². The fourth-order valence-corrected chi connectivity index (χ4v) is 2.71. The van der Waals surface area contributed by atoms with Crippen molar-refractivity contribution in [2.24, 2.45) is 11.7 Å². The zero-order chi connectivity index (χ0) is 14.5. The monoisotopic (exact) mass is 271 g/mol. The minimum Gasteiger partial charge on any atom is -0.341 e. The number of hydrogen-bond acceptors (Lipinski definition) is 3. The second-order valence-electron chi connectivity index (χ2n) is 5.61. The van der Waals surface area contributed by atoms with Gasteiger partial charge in [0.1, 0.15) is 0 Å². The second-order valence-corrected chi connectivity index (χ2v) is 5.61. The van der Waals surface area contributed by atoms with Crippen LogP contribution < -0.4 is 5.73 Å². The molecule has 0 heterocycles. The lowest BCUT2D eigenvalue weighted by molar-refractivity contribution is -0.135. The van der Waals surface area contributed by atoms with Crippen LogP contribution in [0.25, 0.3) is 0 Å². The van der Waals surface area contributed by atoms with E-state index in [0.29, 0.717) is 12.1 Å². The number of carbonyl (C=O) groups excluding carboxylic acids is 1. The molecule has 1 fully saturated rings. The summed E-state index contributed by atoms with van der Waals surface area (Å²) in [6.45, 7) is 0.590. The van der Waals surface area contributed by atoms with Gasteiger partial charge < -0.3 is 10.6 Å². The van der Waals surface area contributed by atoms with Crippen molar-refractivity contribution in [2.45, 2.75) is 38.3 Å². The highest BCUT2D eigenvalue weighted by Crippen LogP contribution is 2.25. The number of rotatable bonds is 3. The molecule has 1 aromatic rings. The van der Waals surface area contributed by atoms with Gasteiger partial charge in [-0.15, -0.1) is 0 Å². The van der Waals surface area contributed by atoms with Gasteiger partial charge in [0, 0.05) is 25.6 Å². The van der Waals surface area contributed by atoms with E-state index in [9.17, 15) is 4.79 Å². The number of hydrogen-bond donors (Lipinski definition) is 1. The topological polar surface area (TPSA) is 70.1 Å². The summed E-state index contributed by atoms with van der Waals surface area (Å²) in [6.07, 6.45) is 3.69. The Kier molecular flexibility index (Phi) is 4.75. The molecule has 1 saturated carbocycles. The van der Waals surface area contributed by atoms with Crippen LogP contribution in [-0.4, -0.2) is 23.9 Å². The quantitative estimate of drug-likeness (QED) is 0.914. The first kappa shape index (κ1) is 14.5. The smallest absolute Gasteiger partial charge is 0.225 e. The Morgan fingerprint density at radius 1 is 1.30 bits per heavy atom. The summed E-state index contributed by atoms with van der Waals surface area (Å²) in [5.41, 5.74) is 7.56. The van der Waals surface area contributed by atoms with Gasteiger partial charge in [-0.05, 0) is 43.4 Å². The van der Waals surface area contributed by atoms with Crippen molar-refractivity contribution in [1.29, 1.82) is 5.26 Å². The largest absolute Gasteiger partial charge is 0.341 e. The number of nitriles is 1. The molecule has 4 heteroatoms. The molecule has 106 valence electrons. The Labute approximate surface area is 120 Å². The Hall–Kier alpha value is -1.86. The van der Waals surface area contributed by atoms with Gasteiger partial charge in [0.2, 0.25) is 5.91 Å². The van der Waals surface area contributed by atoms with Crippen molar-refractivity contribution in [3.63, 3.8) is 0 Å². The standard InChI is InChI=1S/C16H21N3O/c1-19(11-13-4-2-12(10-17)3-5-13)16(20)14-6-8-15(18)9-7-14/h2-5,14-15H,6-9,11,18H2,1H3. The van der Waals surface area contributed by atoms with Crippen molar-refractivity contribution in [1.82, 2.24) is 4.90 Å². The maximum Gasteiger partial charge on any atom is 0.225 e. The first-order valence-corrected chi connectivity index (χ1v) is 7.09. The van der Waals surface area contributed by atoms with E-state index in [4.69, 9.17) is 11.0 Å². The van der Waals surface area contributed by atoms with Crippen LogP contribution in [0.5, 0.6) is 0 Å². The molecule has 0 bridgehead atoms. The molecule has 20 heavy (non-hydrogen) atoms. The third-order valence-electron chi connectivity index (χ3n) is 4.00. The molecular formula is C16H21N3O. The third-order valence-corrected chi connectivity index (χ3v) is 4.00. The van der Waals surface area contributed by atoms with Crippen molar-refractivity contribution in [3.05, 3.63) is 35.4 Å². The third kappa shape index (κ3) is 3.58. The van der Waals surface area contributed by atoms with Crippen molar-refractivity contribution in [2.75, 3.05) is 7.05 Å². The molecule has 1 aliphatic rings. The molecule has 1 amide bonds. The van der Waals surface area contributed by atoms with Gasteiger partial charge in [0.15, 0.2) is 0 Å². The summed E-state index contributed by atoms with van der Waals surface area (Å²) in [7, 11) is 1.84. The second kappa shape index (κ2) is 6.53. The summed E-state index contributed by atoms with van der Waals surface area (Å²) >= 11 is 0. The Bertz CT molecular complexity index is 495. The number of nitrogens with two attached hydrogens (primary N) is 1. The maximum absolute atomic E-state index is 12.4. The summed E-state index contributed by atoms with van der Waals surface area (Å²) in [5, 5.41) is 8.77. The Morgan fingerprint density at radius 2 is 1.90 bits per heavy atom. The summed E-state index contributed by atoms with van der Waals surface area (Å²) < 4.78 is 0. The van der Waals surface area contributed by atoms with E-state index in [1.807, 2.05) is 19.2 Å². The molecule has 0 atom stereocenters. The van der Waals surface area contributed by atoms with Crippen molar-refractivity contribution < 1.29 is 4.79 Å². The van der Waals surface area contributed by atoms with Crippen LogP contribution in [0.15, 0.2) is 24.3 Å². The molecule has 0 radical (unpaired) electrons. The minimum absolute atomic E-state index is 0.123. The first-order valence-electron chi connectivity index (χ1n) is 7.09. The molecule has 0 spiro atoms. The molecule has 0 unspecified atom stereocenters. The average molecular weight is 271 g/mol. The Morgan fingerprint density at radius 3 is 2.45 bits per heavy atom. The van der Waals surface area contributed by atoms with Gasteiger partial charge in [-0.1, -0.05) is 12.1 Å². The van der Waals surface area contributed by atoms with Crippen LogP contribution in [-0.2, 0) is 11.3 Å². The van der Waals surface area contributed by atoms with Gasteiger partial charge in [0.25, 0.3) is 0 Å². The maximum atomic E-state index is 12.4. The van der Waals surface area contributed by atoms with E-state index < -0.39 is 0 Å². The zero-order valence-corrected chi connectivity index (χ0v) is 11.9. The fraction of sp³-hybridized carbons (Fsp3) is 0.500. The van der Waals surface area contributed by atoms with Gasteiger partial charge in [-0.3, -0.25) is 4.79 Å². The van der Waals surface area contributed by atoms with Gasteiger partial charge in [0.05, 0.1) is 11.6 Å². The lowest BCUT2D eigenvalue weighted by Gasteiger charge is -2.29. The van der Waals surface area contributed by atoms with Gasteiger partial charge in [-0.25, -0.2) is 0 Å². The first-order chi connectivity index (χ1) is 9.60. The molecule has 0 aliphatic heterocycles. The fourth-order valence-electron chi connectivity index (χ4n) is 2.71. The summed E-state index contributed by atoms with van der Waals surface area (Å²) in [5.74, 6) is 0.333. The highest BCUT2D eigenvalue weighted by Gasteiger charge is 2.26. The van der Waals surface area contributed by atoms with E-state index in [1.54, 1.807) is 17.0 Å². The summed E-state index contributed by atoms with van der Waals surface area (Å²) in [6, 6.07) is 9.73. The molecule has 0 aromatic heterocycles. The van der Waals surface area contributed by atoms with Crippen molar-refractivity contribution in [3.8, 4) is 6.07 Å². The molecule has 1 aromatic carbocycles. The highest BCUT2D eigenvalue weighted by atomic mass is 16.2. The van der Waals surface area contributed by atoms with Crippen LogP contribution in [0, 0.1) is 17.2 Å². The van der Waals surface area contributed by atoms with E-state index >= 15 is 0 Å². The number of nitrogens with zero attached hydrogens (tertiary/aromatic N) is 2. The normalized spacial score (nSPS) is 22.1.